The molecule has 0 spiro atoms. The second kappa shape index (κ2) is 13.4. The Labute approximate surface area is 256 Å². The molecule has 41 heavy (non-hydrogen) atoms. The van der Waals surface area contributed by atoms with Gasteiger partial charge in [0, 0.05) is 32.5 Å². The van der Waals surface area contributed by atoms with Gasteiger partial charge in [0.2, 0.25) is 17.8 Å². The fourth-order valence-electron chi connectivity index (χ4n) is 3.63. The summed E-state index contributed by atoms with van der Waals surface area (Å²) in [5.74, 6) is 0.646. The molecular formula is C29H20Cl4N8. The maximum absolute atomic E-state index is 6.27. The van der Waals surface area contributed by atoms with E-state index in [1.165, 1.54) is 0 Å². The smallest absolute Gasteiger partial charge is 0.250 e. The maximum Gasteiger partial charge on any atom is 0.250 e. The summed E-state index contributed by atoms with van der Waals surface area (Å²) >= 11 is 24.5. The highest BCUT2D eigenvalue weighted by atomic mass is 35.5. The first-order valence-corrected chi connectivity index (χ1v) is 13.6. The number of hydrogen-bond acceptors (Lipinski definition) is 8. The molecule has 0 aliphatic carbocycles. The van der Waals surface area contributed by atoms with Crippen LogP contribution < -0.4 is 15.8 Å². The Balaban J connectivity index is 1.51. The predicted octanol–water partition coefficient (Wildman–Crippen LogP) is 8.85. The molecule has 12 heteroatoms. The molecule has 1 heterocycles. The predicted molar refractivity (Wildman–Crippen MR) is 170 cm³/mol. The molecule has 5 rings (SSSR count). The van der Waals surface area contributed by atoms with Crippen LogP contribution in [-0.2, 0) is 0 Å². The van der Waals surface area contributed by atoms with Gasteiger partial charge < -0.3 is 0 Å². The topological polar surface area (TPSA) is 90.7 Å². The summed E-state index contributed by atoms with van der Waals surface area (Å²) in [5, 5.41) is 10.5. The summed E-state index contributed by atoms with van der Waals surface area (Å²) in [5.41, 5.74) is 8.73. The minimum atomic E-state index is 0.162. The van der Waals surface area contributed by atoms with Crippen molar-refractivity contribution in [1.82, 2.24) is 15.0 Å². The van der Waals surface area contributed by atoms with Crippen molar-refractivity contribution in [2.75, 3.05) is 15.8 Å². The lowest BCUT2D eigenvalue weighted by molar-refractivity contribution is 0.991. The van der Waals surface area contributed by atoms with Crippen LogP contribution >= 0.6 is 46.4 Å². The van der Waals surface area contributed by atoms with Crippen molar-refractivity contribution < 1.29 is 0 Å². The molecular weight excluding hydrogens is 602 g/mol. The molecule has 0 atom stereocenters. The number of aromatic nitrogens is 3. The van der Waals surface area contributed by atoms with Gasteiger partial charge in [-0.3, -0.25) is 4.90 Å². The molecule has 8 nitrogen and oxygen atoms in total. The summed E-state index contributed by atoms with van der Waals surface area (Å²) in [6.45, 7) is 0. The van der Waals surface area contributed by atoms with Gasteiger partial charge in [0.25, 0.3) is 0 Å². The Kier molecular flexibility index (Phi) is 9.28. The lowest BCUT2D eigenvalue weighted by atomic mass is 10.2. The van der Waals surface area contributed by atoms with Gasteiger partial charge in [0.05, 0.1) is 22.5 Å². The van der Waals surface area contributed by atoms with Gasteiger partial charge in [-0.1, -0.05) is 94.9 Å². The van der Waals surface area contributed by atoms with Crippen LogP contribution in [0.25, 0.3) is 0 Å². The van der Waals surface area contributed by atoms with E-state index in [9.17, 15) is 0 Å². The first kappa shape index (κ1) is 28.3. The molecule has 0 aliphatic heterocycles. The van der Waals surface area contributed by atoms with Gasteiger partial charge in [-0.05, 0) is 48.5 Å². The Bertz CT molecular complexity index is 1580. The van der Waals surface area contributed by atoms with E-state index >= 15 is 0 Å². The Morgan fingerprint density at radius 1 is 0.561 bits per heavy atom. The minimum Gasteiger partial charge on any atom is -0.279 e. The van der Waals surface area contributed by atoms with Crippen molar-refractivity contribution in [1.29, 1.82) is 0 Å². The zero-order valence-corrected chi connectivity index (χ0v) is 24.1. The average Bonchev–Trinajstić information content (AvgIpc) is 2.97. The highest BCUT2D eigenvalue weighted by molar-refractivity contribution is 6.36. The van der Waals surface area contributed by atoms with Crippen molar-refractivity contribution in [3.05, 3.63) is 128 Å². The van der Waals surface area contributed by atoms with Gasteiger partial charge in [-0.15, -0.1) is 0 Å². The Morgan fingerprint density at radius 2 is 1.00 bits per heavy atom. The van der Waals surface area contributed by atoms with Crippen LogP contribution in [0.1, 0.15) is 11.1 Å². The van der Waals surface area contributed by atoms with E-state index in [4.69, 9.17) is 46.4 Å². The quantitative estimate of drug-likeness (QED) is 0.126. The fraction of sp³-hybridized carbons (Fsp3) is 0. The van der Waals surface area contributed by atoms with E-state index in [2.05, 4.69) is 36.0 Å². The van der Waals surface area contributed by atoms with Crippen molar-refractivity contribution in [3.63, 3.8) is 0 Å². The maximum atomic E-state index is 6.27. The van der Waals surface area contributed by atoms with Crippen LogP contribution in [0, 0.1) is 0 Å². The van der Waals surface area contributed by atoms with Crippen molar-refractivity contribution in [2.24, 2.45) is 10.2 Å². The van der Waals surface area contributed by atoms with Crippen LogP contribution in [0.15, 0.2) is 107 Å². The van der Waals surface area contributed by atoms with Gasteiger partial charge >= 0.3 is 0 Å². The minimum absolute atomic E-state index is 0.162. The lowest BCUT2D eigenvalue weighted by Crippen LogP contribution is -2.16. The largest absolute Gasteiger partial charge is 0.279 e. The summed E-state index contributed by atoms with van der Waals surface area (Å²) in [4.78, 5) is 15.6. The van der Waals surface area contributed by atoms with E-state index < -0.39 is 0 Å². The molecule has 0 amide bonds. The molecule has 0 unspecified atom stereocenters. The van der Waals surface area contributed by atoms with Crippen molar-refractivity contribution in [2.45, 2.75) is 0 Å². The third-order valence-electron chi connectivity index (χ3n) is 5.51. The normalized spacial score (nSPS) is 11.2. The summed E-state index contributed by atoms with van der Waals surface area (Å²) in [6, 6.07) is 29.7. The zero-order chi connectivity index (χ0) is 28.6. The van der Waals surface area contributed by atoms with E-state index in [0.29, 0.717) is 37.2 Å². The molecule has 0 saturated heterocycles. The summed E-state index contributed by atoms with van der Waals surface area (Å²) < 4.78 is 0. The van der Waals surface area contributed by atoms with Gasteiger partial charge in [-0.2, -0.15) is 25.2 Å². The third kappa shape index (κ3) is 7.50. The number of hydrogen-bond donors (Lipinski definition) is 2. The summed E-state index contributed by atoms with van der Waals surface area (Å²) in [6.07, 6.45) is 3.09. The van der Waals surface area contributed by atoms with Gasteiger partial charge in [0.1, 0.15) is 0 Å². The van der Waals surface area contributed by atoms with E-state index in [1.54, 1.807) is 48.8 Å². The molecule has 5 aromatic rings. The molecule has 2 N–H and O–H groups in total. The first-order valence-electron chi connectivity index (χ1n) is 12.1. The molecule has 0 radical (unpaired) electrons. The number of hydrazone groups is 2. The standard InChI is InChI=1S/C29H20Cl4N8/c30-21-13-11-19(25(32)15-21)17-34-39-27-36-28(40-35-18-20-12-14-22(31)16-26(20)33)38-29(37-27)41(23-7-3-1-4-8-23)24-9-5-2-6-10-24/h1-18H,(H2,36,37,38,39,40)/b34-17+,35-18+. The highest BCUT2D eigenvalue weighted by Crippen LogP contribution is 2.32. The van der Waals surface area contributed by atoms with Crippen molar-refractivity contribution >= 4 is 88.1 Å². The number of anilines is 5. The van der Waals surface area contributed by atoms with Crippen LogP contribution in [0.3, 0.4) is 0 Å². The van der Waals surface area contributed by atoms with Gasteiger partial charge in [0.15, 0.2) is 0 Å². The molecule has 0 aliphatic rings. The molecule has 1 aromatic heterocycles. The van der Waals surface area contributed by atoms with E-state index in [0.717, 1.165) is 11.4 Å². The fourth-order valence-corrected chi connectivity index (χ4v) is 4.54. The zero-order valence-electron chi connectivity index (χ0n) is 21.1. The number of para-hydroxylation sites is 2. The number of nitrogens with one attached hydrogen (secondary N) is 2. The summed E-state index contributed by atoms with van der Waals surface area (Å²) in [7, 11) is 0. The van der Waals surface area contributed by atoms with Crippen LogP contribution in [-0.4, -0.2) is 27.4 Å². The Morgan fingerprint density at radius 3 is 1.41 bits per heavy atom. The third-order valence-corrected chi connectivity index (χ3v) is 6.64. The second-order valence-corrected chi connectivity index (χ2v) is 10.0. The number of nitrogens with zero attached hydrogens (tertiary/aromatic N) is 6. The molecule has 0 fully saturated rings. The van der Waals surface area contributed by atoms with E-state index in [1.807, 2.05) is 65.6 Å². The number of rotatable bonds is 9. The Hall–Kier alpha value is -4.21. The number of halogens is 4. The molecule has 4 aromatic carbocycles. The average molecular weight is 622 g/mol. The number of benzene rings is 4. The lowest BCUT2D eigenvalue weighted by Gasteiger charge is -2.23. The van der Waals surface area contributed by atoms with Crippen molar-refractivity contribution in [3.8, 4) is 0 Å². The molecule has 204 valence electrons. The monoisotopic (exact) mass is 620 g/mol. The van der Waals surface area contributed by atoms with Crippen LogP contribution in [0.5, 0.6) is 0 Å². The molecule has 0 saturated carbocycles. The van der Waals surface area contributed by atoms with Crippen LogP contribution in [0.2, 0.25) is 20.1 Å². The highest BCUT2D eigenvalue weighted by Gasteiger charge is 2.17. The van der Waals surface area contributed by atoms with E-state index in [-0.39, 0.29) is 11.9 Å². The van der Waals surface area contributed by atoms with Gasteiger partial charge in [-0.25, -0.2) is 10.9 Å². The first-order chi connectivity index (χ1) is 20.0. The SMILES string of the molecule is Clc1ccc(/C=N/Nc2nc(N/N=C/c3ccc(Cl)cc3Cl)nc(N(c3ccccc3)c3ccccc3)n2)c(Cl)c1. The second-order valence-electron chi connectivity index (χ2n) is 8.36. The molecule has 0 bridgehead atoms. The van der Waals surface area contributed by atoms with Crippen LogP contribution in [0.4, 0.5) is 29.2 Å².